The number of ether oxygens (including phenoxy) is 1. The number of rotatable bonds is 5. The van der Waals surface area contributed by atoms with Crippen LogP contribution in [0.5, 0.6) is 5.88 Å². The van der Waals surface area contributed by atoms with E-state index < -0.39 is 0 Å². The largest absolute Gasteiger partial charge is 0.481 e. The molecule has 0 bridgehead atoms. The number of carbonyl (C=O) groups is 1. The molecule has 0 aromatic carbocycles. The van der Waals surface area contributed by atoms with E-state index in [4.69, 9.17) is 4.74 Å². The van der Waals surface area contributed by atoms with Gasteiger partial charge in [0, 0.05) is 29.6 Å². The molecule has 1 amide bonds. The molecule has 0 atom stereocenters. The van der Waals surface area contributed by atoms with Gasteiger partial charge in [-0.15, -0.1) is 0 Å². The van der Waals surface area contributed by atoms with Gasteiger partial charge in [-0.3, -0.25) is 4.79 Å². The quantitative estimate of drug-likeness (QED) is 0.860. The van der Waals surface area contributed by atoms with Crippen LogP contribution in [0.4, 0.5) is 5.69 Å². The Bertz CT molecular complexity index is 740. The van der Waals surface area contributed by atoms with Crippen molar-refractivity contribution in [1.82, 2.24) is 9.55 Å². The first-order chi connectivity index (χ1) is 11.1. The zero-order chi connectivity index (χ0) is 16.4. The Balaban J connectivity index is 1.67. The maximum absolute atomic E-state index is 12.0. The number of hydrogen-bond acceptors (Lipinski definition) is 3. The first-order valence-corrected chi connectivity index (χ1v) is 7.76. The molecule has 120 valence electrons. The molecule has 1 N–H and O–H groups in total. The maximum Gasteiger partial charge on any atom is 0.248 e. The molecule has 5 nitrogen and oxygen atoms in total. The van der Waals surface area contributed by atoms with Gasteiger partial charge in [-0.1, -0.05) is 0 Å². The predicted octanol–water partition coefficient (Wildman–Crippen LogP) is 3.50. The fourth-order valence-corrected chi connectivity index (χ4v) is 2.79. The SMILES string of the molecule is COc1ccc(NC(=O)/C=C/c2cc(C)n(C3CC3)c2C)cn1. The van der Waals surface area contributed by atoms with Gasteiger partial charge in [0.2, 0.25) is 11.8 Å². The average molecular weight is 311 g/mol. The lowest BCUT2D eigenvalue weighted by Gasteiger charge is -2.06. The zero-order valence-electron chi connectivity index (χ0n) is 13.7. The number of aryl methyl sites for hydroxylation is 1. The average Bonchev–Trinajstić information content (AvgIpc) is 3.32. The molecule has 0 radical (unpaired) electrons. The summed E-state index contributed by atoms with van der Waals surface area (Å²) in [5.74, 6) is 0.347. The fraction of sp³-hybridized carbons (Fsp3) is 0.333. The van der Waals surface area contributed by atoms with Gasteiger partial charge >= 0.3 is 0 Å². The van der Waals surface area contributed by atoms with E-state index in [0.29, 0.717) is 17.6 Å². The highest BCUT2D eigenvalue weighted by atomic mass is 16.5. The molecule has 0 unspecified atom stereocenters. The summed E-state index contributed by atoms with van der Waals surface area (Å²) in [7, 11) is 1.56. The van der Waals surface area contributed by atoms with Crippen molar-refractivity contribution in [1.29, 1.82) is 0 Å². The number of nitrogens with one attached hydrogen (secondary N) is 1. The number of amides is 1. The van der Waals surface area contributed by atoms with Gasteiger partial charge in [0.15, 0.2) is 0 Å². The fourth-order valence-electron chi connectivity index (χ4n) is 2.79. The number of methoxy groups -OCH3 is 1. The molecule has 1 aliphatic carbocycles. The number of anilines is 1. The molecule has 1 fully saturated rings. The first-order valence-electron chi connectivity index (χ1n) is 7.76. The lowest BCUT2D eigenvalue weighted by Crippen LogP contribution is -2.08. The summed E-state index contributed by atoms with van der Waals surface area (Å²) in [4.78, 5) is 16.1. The van der Waals surface area contributed by atoms with Crippen LogP contribution < -0.4 is 10.1 Å². The van der Waals surface area contributed by atoms with Crippen LogP contribution in [0.25, 0.3) is 6.08 Å². The minimum atomic E-state index is -0.173. The molecule has 23 heavy (non-hydrogen) atoms. The number of carbonyl (C=O) groups excluding carboxylic acids is 1. The van der Waals surface area contributed by atoms with Gasteiger partial charge in [-0.25, -0.2) is 4.98 Å². The standard InChI is InChI=1S/C18H21N3O2/c1-12-10-14(13(2)21(12)16-6-7-16)4-8-17(22)20-15-5-9-18(23-3)19-11-15/h4-5,8-11,16H,6-7H2,1-3H3,(H,20,22)/b8-4+. The van der Waals surface area contributed by atoms with Gasteiger partial charge in [-0.2, -0.15) is 0 Å². The molecule has 2 heterocycles. The Morgan fingerprint density at radius 2 is 2.17 bits per heavy atom. The van der Waals surface area contributed by atoms with E-state index >= 15 is 0 Å². The lowest BCUT2D eigenvalue weighted by atomic mass is 10.2. The van der Waals surface area contributed by atoms with E-state index in [0.717, 1.165) is 5.56 Å². The van der Waals surface area contributed by atoms with Crippen molar-refractivity contribution < 1.29 is 9.53 Å². The van der Waals surface area contributed by atoms with Crippen molar-refractivity contribution in [2.24, 2.45) is 0 Å². The third-order valence-electron chi connectivity index (χ3n) is 4.06. The second-order valence-corrected chi connectivity index (χ2v) is 5.84. The Morgan fingerprint density at radius 1 is 1.39 bits per heavy atom. The van der Waals surface area contributed by atoms with Gasteiger partial charge in [0.25, 0.3) is 0 Å². The van der Waals surface area contributed by atoms with Crippen molar-refractivity contribution in [3.8, 4) is 5.88 Å². The lowest BCUT2D eigenvalue weighted by molar-refractivity contribution is -0.111. The topological polar surface area (TPSA) is 56.1 Å². The normalized spacial score (nSPS) is 14.2. The zero-order valence-corrected chi connectivity index (χ0v) is 13.7. The molecule has 3 rings (SSSR count). The Morgan fingerprint density at radius 3 is 2.78 bits per heavy atom. The van der Waals surface area contributed by atoms with Crippen LogP contribution in [-0.4, -0.2) is 22.6 Å². The molecule has 5 heteroatoms. The van der Waals surface area contributed by atoms with E-state index in [-0.39, 0.29) is 5.91 Å². The van der Waals surface area contributed by atoms with Crippen LogP contribution in [-0.2, 0) is 4.79 Å². The maximum atomic E-state index is 12.0. The number of aromatic nitrogens is 2. The van der Waals surface area contributed by atoms with Crippen molar-refractivity contribution in [2.45, 2.75) is 32.7 Å². The van der Waals surface area contributed by atoms with E-state index in [9.17, 15) is 4.79 Å². The minimum Gasteiger partial charge on any atom is -0.481 e. The van der Waals surface area contributed by atoms with E-state index in [1.54, 1.807) is 31.5 Å². The van der Waals surface area contributed by atoms with Gasteiger partial charge in [-0.05, 0) is 50.5 Å². The van der Waals surface area contributed by atoms with Crippen molar-refractivity contribution in [3.05, 3.63) is 47.4 Å². The van der Waals surface area contributed by atoms with Crippen LogP contribution in [0, 0.1) is 13.8 Å². The Labute approximate surface area is 136 Å². The summed E-state index contributed by atoms with van der Waals surface area (Å²) in [5, 5.41) is 2.79. The van der Waals surface area contributed by atoms with Gasteiger partial charge in [0.05, 0.1) is 19.0 Å². The third-order valence-corrected chi connectivity index (χ3v) is 4.06. The van der Waals surface area contributed by atoms with Gasteiger partial charge < -0.3 is 14.6 Å². The minimum absolute atomic E-state index is 0.173. The van der Waals surface area contributed by atoms with Crippen molar-refractivity contribution >= 4 is 17.7 Å². The number of pyridine rings is 1. The Hall–Kier alpha value is -2.56. The molecule has 0 spiro atoms. The highest BCUT2D eigenvalue weighted by Gasteiger charge is 2.26. The molecule has 0 aliphatic heterocycles. The van der Waals surface area contributed by atoms with Crippen molar-refractivity contribution in [2.75, 3.05) is 12.4 Å². The second-order valence-electron chi connectivity index (χ2n) is 5.84. The van der Waals surface area contributed by atoms with E-state index in [1.807, 2.05) is 6.08 Å². The smallest absolute Gasteiger partial charge is 0.248 e. The van der Waals surface area contributed by atoms with Crippen LogP contribution in [0.1, 0.15) is 35.8 Å². The monoisotopic (exact) mass is 311 g/mol. The summed E-state index contributed by atoms with van der Waals surface area (Å²) in [5.41, 5.74) is 4.21. The second kappa shape index (κ2) is 6.28. The number of hydrogen-bond donors (Lipinski definition) is 1. The number of nitrogens with zero attached hydrogens (tertiary/aromatic N) is 2. The summed E-state index contributed by atoms with van der Waals surface area (Å²) < 4.78 is 7.36. The van der Waals surface area contributed by atoms with Crippen LogP contribution in [0.2, 0.25) is 0 Å². The summed E-state index contributed by atoms with van der Waals surface area (Å²) >= 11 is 0. The molecular formula is C18H21N3O2. The third kappa shape index (κ3) is 3.44. The molecule has 1 aliphatic rings. The molecular weight excluding hydrogens is 290 g/mol. The summed E-state index contributed by atoms with van der Waals surface area (Å²) in [6.07, 6.45) is 7.51. The highest BCUT2D eigenvalue weighted by molar-refractivity contribution is 6.01. The van der Waals surface area contributed by atoms with Crippen LogP contribution in [0.3, 0.4) is 0 Å². The van der Waals surface area contributed by atoms with Gasteiger partial charge in [0.1, 0.15) is 0 Å². The summed E-state index contributed by atoms with van der Waals surface area (Å²) in [6, 6.07) is 6.25. The van der Waals surface area contributed by atoms with E-state index in [1.165, 1.54) is 24.2 Å². The molecule has 0 saturated heterocycles. The van der Waals surface area contributed by atoms with E-state index in [2.05, 4.69) is 34.8 Å². The molecule has 2 aromatic heterocycles. The molecule has 1 saturated carbocycles. The summed E-state index contributed by atoms with van der Waals surface area (Å²) in [6.45, 7) is 4.22. The van der Waals surface area contributed by atoms with Crippen LogP contribution in [0.15, 0.2) is 30.5 Å². The van der Waals surface area contributed by atoms with Crippen molar-refractivity contribution in [3.63, 3.8) is 0 Å². The predicted molar refractivity (Wildman–Crippen MR) is 90.6 cm³/mol. The van der Waals surface area contributed by atoms with Crippen LogP contribution >= 0.6 is 0 Å². The first kappa shape index (κ1) is 15.3. The molecule has 2 aromatic rings. The Kier molecular flexibility index (Phi) is 4.19. The highest BCUT2D eigenvalue weighted by Crippen LogP contribution is 2.38.